The Bertz CT molecular complexity index is 783. The second-order valence-corrected chi connectivity index (χ2v) is 6.76. The zero-order chi connectivity index (χ0) is 16.9. The Morgan fingerprint density at radius 2 is 2.21 bits per heavy atom. The third kappa shape index (κ3) is 2.58. The summed E-state index contributed by atoms with van der Waals surface area (Å²) in [6, 6.07) is 0. The van der Waals surface area contributed by atoms with Crippen LogP contribution < -0.4 is 5.73 Å². The molecule has 0 saturated carbocycles. The lowest BCUT2D eigenvalue weighted by Gasteiger charge is -2.43. The van der Waals surface area contributed by atoms with Crippen molar-refractivity contribution in [3.8, 4) is 0 Å². The maximum atomic E-state index is 13.5. The van der Waals surface area contributed by atoms with Crippen LogP contribution >= 0.6 is 0 Å². The van der Waals surface area contributed by atoms with Crippen LogP contribution in [0.4, 0.5) is 10.2 Å². The highest BCUT2D eigenvalue weighted by Crippen LogP contribution is 2.29. The van der Waals surface area contributed by atoms with Gasteiger partial charge in [-0.3, -0.25) is 4.79 Å². The van der Waals surface area contributed by atoms with Crippen molar-refractivity contribution in [1.82, 2.24) is 24.4 Å². The van der Waals surface area contributed by atoms with Crippen molar-refractivity contribution < 1.29 is 13.9 Å². The first kappa shape index (κ1) is 15.3. The number of nitrogen functional groups attached to an aromatic ring is 1. The van der Waals surface area contributed by atoms with Crippen molar-refractivity contribution in [3.05, 3.63) is 12.7 Å². The topological polar surface area (TPSA) is 99.2 Å². The van der Waals surface area contributed by atoms with E-state index in [9.17, 15) is 9.18 Å². The molecule has 2 saturated heterocycles. The standard InChI is InChI=1S/C15H19FN6O2/c1-15(16)5-22(6-15)14(23)10-3-2-9(24-10)4-21-8-20-11-12(17)18-7-19-13(11)21/h7-10H,2-6H2,1H3,(H2,17,18,19)/t9-,10+/m1/s1. The van der Waals surface area contributed by atoms with Crippen LogP contribution in [0.3, 0.4) is 0 Å². The van der Waals surface area contributed by atoms with Gasteiger partial charge in [0, 0.05) is 0 Å². The van der Waals surface area contributed by atoms with Crippen molar-refractivity contribution in [2.75, 3.05) is 18.8 Å². The number of imidazole rings is 1. The molecule has 24 heavy (non-hydrogen) atoms. The van der Waals surface area contributed by atoms with Gasteiger partial charge in [0.2, 0.25) is 0 Å². The molecule has 2 aliphatic heterocycles. The molecule has 2 aliphatic rings. The maximum Gasteiger partial charge on any atom is 0.251 e. The Balaban J connectivity index is 1.40. The second-order valence-electron chi connectivity index (χ2n) is 6.76. The number of aromatic nitrogens is 4. The van der Waals surface area contributed by atoms with E-state index in [-0.39, 0.29) is 25.1 Å². The van der Waals surface area contributed by atoms with E-state index in [1.54, 1.807) is 6.33 Å². The zero-order valence-corrected chi connectivity index (χ0v) is 13.4. The highest BCUT2D eigenvalue weighted by molar-refractivity contribution is 5.82. The minimum absolute atomic E-state index is 0.106. The van der Waals surface area contributed by atoms with Crippen LogP contribution in [0.15, 0.2) is 12.7 Å². The fourth-order valence-corrected chi connectivity index (χ4v) is 3.38. The third-order valence-corrected chi connectivity index (χ3v) is 4.57. The largest absolute Gasteiger partial charge is 0.382 e. The molecule has 2 aromatic heterocycles. The van der Waals surface area contributed by atoms with Crippen LogP contribution in [0.2, 0.25) is 0 Å². The van der Waals surface area contributed by atoms with Gasteiger partial charge in [0.05, 0.1) is 32.1 Å². The van der Waals surface area contributed by atoms with Gasteiger partial charge in [-0.25, -0.2) is 19.3 Å². The summed E-state index contributed by atoms with van der Waals surface area (Å²) in [7, 11) is 0. The van der Waals surface area contributed by atoms with E-state index >= 15 is 0 Å². The van der Waals surface area contributed by atoms with E-state index in [1.807, 2.05) is 4.57 Å². The fourth-order valence-electron chi connectivity index (χ4n) is 3.38. The Hall–Kier alpha value is -2.29. The van der Waals surface area contributed by atoms with Crippen LogP contribution in [0.25, 0.3) is 11.2 Å². The van der Waals surface area contributed by atoms with E-state index in [0.717, 1.165) is 6.42 Å². The number of halogens is 1. The number of rotatable bonds is 3. The minimum atomic E-state index is -1.26. The number of alkyl halides is 1. The zero-order valence-electron chi connectivity index (χ0n) is 13.4. The lowest BCUT2D eigenvalue weighted by Crippen LogP contribution is -2.61. The molecular weight excluding hydrogens is 315 g/mol. The number of hydrogen-bond donors (Lipinski definition) is 1. The summed E-state index contributed by atoms with van der Waals surface area (Å²) in [5.74, 6) is 0.223. The van der Waals surface area contributed by atoms with Crippen molar-refractivity contribution >= 4 is 22.9 Å². The minimum Gasteiger partial charge on any atom is -0.382 e. The number of carbonyl (C=O) groups excluding carboxylic acids is 1. The summed E-state index contributed by atoms with van der Waals surface area (Å²) < 4.78 is 21.3. The lowest BCUT2D eigenvalue weighted by atomic mass is 9.98. The number of hydrogen-bond acceptors (Lipinski definition) is 6. The molecule has 128 valence electrons. The average molecular weight is 334 g/mol. The van der Waals surface area contributed by atoms with Crippen molar-refractivity contribution in [2.24, 2.45) is 0 Å². The number of carbonyl (C=O) groups is 1. The lowest BCUT2D eigenvalue weighted by molar-refractivity contribution is -0.156. The summed E-state index contributed by atoms with van der Waals surface area (Å²) in [6.45, 7) is 2.35. The van der Waals surface area contributed by atoms with Gasteiger partial charge in [-0.05, 0) is 19.8 Å². The summed E-state index contributed by atoms with van der Waals surface area (Å²) in [6.07, 6.45) is 3.86. The van der Waals surface area contributed by atoms with Gasteiger partial charge in [0.1, 0.15) is 23.6 Å². The van der Waals surface area contributed by atoms with Crippen LogP contribution in [-0.2, 0) is 16.1 Å². The molecule has 0 radical (unpaired) electrons. The van der Waals surface area contributed by atoms with E-state index in [0.29, 0.717) is 29.9 Å². The number of likely N-dealkylation sites (tertiary alicyclic amines) is 1. The van der Waals surface area contributed by atoms with E-state index < -0.39 is 11.8 Å². The summed E-state index contributed by atoms with van der Waals surface area (Å²) in [5.41, 5.74) is 5.73. The molecule has 9 heteroatoms. The first-order chi connectivity index (χ1) is 11.4. The molecule has 2 atom stereocenters. The maximum absolute atomic E-state index is 13.5. The normalized spacial score (nSPS) is 25.8. The molecule has 4 rings (SSSR count). The molecule has 0 unspecified atom stereocenters. The number of anilines is 1. The van der Waals surface area contributed by atoms with Crippen LogP contribution in [-0.4, -0.2) is 61.3 Å². The van der Waals surface area contributed by atoms with E-state index in [1.165, 1.54) is 18.2 Å². The van der Waals surface area contributed by atoms with Crippen LogP contribution in [0, 0.1) is 0 Å². The fraction of sp³-hybridized carbons (Fsp3) is 0.600. The van der Waals surface area contributed by atoms with Crippen molar-refractivity contribution in [3.63, 3.8) is 0 Å². The summed E-state index contributed by atoms with van der Waals surface area (Å²) >= 11 is 0. The molecule has 0 aliphatic carbocycles. The van der Waals surface area contributed by atoms with Gasteiger partial charge in [0.15, 0.2) is 11.5 Å². The molecule has 8 nitrogen and oxygen atoms in total. The number of ether oxygens (including phenoxy) is 1. The SMILES string of the molecule is CC1(F)CN(C(=O)[C@@H]2CC[C@H](Cn3cnc4c(N)ncnc43)O2)C1. The van der Waals surface area contributed by atoms with Crippen LogP contribution in [0.5, 0.6) is 0 Å². The number of amides is 1. The first-order valence-electron chi connectivity index (χ1n) is 7.97. The van der Waals surface area contributed by atoms with Gasteiger partial charge in [-0.2, -0.15) is 0 Å². The Morgan fingerprint density at radius 3 is 2.96 bits per heavy atom. The number of nitrogens with zero attached hydrogens (tertiary/aromatic N) is 5. The molecule has 0 spiro atoms. The van der Waals surface area contributed by atoms with Crippen molar-refractivity contribution in [2.45, 2.75) is 44.2 Å². The van der Waals surface area contributed by atoms with Gasteiger partial charge in [0.25, 0.3) is 5.91 Å². The smallest absolute Gasteiger partial charge is 0.251 e. The predicted octanol–water partition coefficient (Wildman–Crippen LogP) is 0.527. The first-order valence-corrected chi connectivity index (χ1v) is 7.97. The number of nitrogens with two attached hydrogens (primary N) is 1. The molecule has 2 N–H and O–H groups in total. The van der Waals surface area contributed by atoms with E-state index in [2.05, 4.69) is 15.0 Å². The van der Waals surface area contributed by atoms with Gasteiger partial charge in [-0.1, -0.05) is 0 Å². The molecule has 0 bridgehead atoms. The van der Waals surface area contributed by atoms with Crippen molar-refractivity contribution in [1.29, 1.82) is 0 Å². The van der Waals surface area contributed by atoms with Crippen LogP contribution in [0.1, 0.15) is 19.8 Å². The highest BCUT2D eigenvalue weighted by Gasteiger charge is 2.45. The molecule has 0 aromatic carbocycles. The molecule has 2 aromatic rings. The molecular formula is C15H19FN6O2. The summed E-state index contributed by atoms with van der Waals surface area (Å²) in [5, 5.41) is 0. The van der Waals surface area contributed by atoms with Gasteiger partial charge in [-0.15, -0.1) is 0 Å². The Labute approximate surface area is 137 Å². The second kappa shape index (κ2) is 5.37. The Kier molecular flexibility index (Phi) is 3.41. The molecule has 4 heterocycles. The third-order valence-electron chi connectivity index (χ3n) is 4.57. The highest BCUT2D eigenvalue weighted by atomic mass is 19.1. The Morgan fingerprint density at radius 1 is 1.42 bits per heavy atom. The monoisotopic (exact) mass is 334 g/mol. The van der Waals surface area contributed by atoms with Gasteiger partial charge >= 0.3 is 0 Å². The quantitative estimate of drug-likeness (QED) is 0.879. The van der Waals surface area contributed by atoms with Gasteiger partial charge < -0.3 is 19.9 Å². The number of fused-ring (bicyclic) bond motifs is 1. The molecule has 2 fully saturated rings. The average Bonchev–Trinajstić information content (AvgIpc) is 3.13. The van der Waals surface area contributed by atoms with E-state index in [4.69, 9.17) is 10.5 Å². The predicted molar refractivity (Wildman–Crippen MR) is 83.7 cm³/mol. The summed E-state index contributed by atoms with van der Waals surface area (Å²) in [4.78, 5) is 26.2. The molecule has 1 amide bonds.